The Balaban J connectivity index is 1.40. The molecule has 4 rings (SSSR count). The molecule has 1 fully saturated rings. The van der Waals surface area contributed by atoms with Gasteiger partial charge >= 0.3 is 0 Å². The Morgan fingerprint density at radius 1 is 1.44 bits per heavy atom. The van der Waals surface area contributed by atoms with Crippen molar-refractivity contribution in [3.05, 3.63) is 33.1 Å². The molecule has 2 aliphatic heterocycles. The van der Waals surface area contributed by atoms with E-state index in [1.165, 1.54) is 11.3 Å². The lowest BCUT2D eigenvalue weighted by Gasteiger charge is -2.32. The smallest absolute Gasteiger partial charge is 0.266 e. The normalized spacial score (nSPS) is 23.4. The molecule has 0 unspecified atom stereocenters. The molecule has 0 saturated carbocycles. The van der Waals surface area contributed by atoms with Gasteiger partial charge in [0.2, 0.25) is 12.0 Å². The molecule has 25 heavy (non-hydrogen) atoms. The van der Waals surface area contributed by atoms with Gasteiger partial charge in [0.15, 0.2) is 5.82 Å². The molecule has 0 aromatic carbocycles. The fourth-order valence-corrected chi connectivity index (χ4v) is 4.22. The fourth-order valence-electron chi connectivity index (χ4n) is 3.19. The fraction of sp³-hybridized carbons (Fsp3) is 0.500. The van der Waals surface area contributed by atoms with E-state index in [2.05, 4.69) is 15.3 Å². The zero-order valence-corrected chi connectivity index (χ0v) is 15.2. The molecular formula is C16H17ClN4O3S. The van der Waals surface area contributed by atoms with Crippen LogP contribution >= 0.6 is 22.9 Å². The van der Waals surface area contributed by atoms with Gasteiger partial charge in [-0.2, -0.15) is 4.98 Å². The van der Waals surface area contributed by atoms with Gasteiger partial charge in [0.25, 0.3) is 5.91 Å². The van der Waals surface area contributed by atoms with Crippen molar-refractivity contribution in [1.29, 1.82) is 0 Å². The summed E-state index contributed by atoms with van der Waals surface area (Å²) in [5.74, 6) is 1.26. The average molecular weight is 381 g/mol. The van der Waals surface area contributed by atoms with Crippen LogP contribution in [-0.4, -0.2) is 45.9 Å². The van der Waals surface area contributed by atoms with Crippen LogP contribution in [0.15, 0.2) is 21.8 Å². The van der Waals surface area contributed by atoms with Crippen molar-refractivity contribution in [1.82, 2.24) is 15.0 Å². The van der Waals surface area contributed by atoms with Crippen LogP contribution in [-0.2, 0) is 9.63 Å². The molecule has 2 aromatic heterocycles. The lowest BCUT2D eigenvalue weighted by atomic mass is 9.97. The van der Waals surface area contributed by atoms with Gasteiger partial charge in [-0.25, -0.2) is 0 Å². The van der Waals surface area contributed by atoms with Gasteiger partial charge in [0.1, 0.15) is 5.71 Å². The van der Waals surface area contributed by atoms with Gasteiger partial charge in [-0.3, -0.25) is 4.79 Å². The van der Waals surface area contributed by atoms with Gasteiger partial charge in [-0.05, 0) is 31.9 Å². The van der Waals surface area contributed by atoms with Crippen molar-refractivity contribution in [2.75, 3.05) is 13.1 Å². The summed E-state index contributed by atoms with van der Waals surface area (Å²) in [7, 11) is 0. The van der Waals surface area contributed by atoms with E-state index < -0.39 is 6.10 Å². The summed E-state index contributed by atoms with van der Waals surface area (Å²) in [5.41, 5.74) is 0.774. The van der Waals surface area contributed by atoms with Crippen molar-refractivity contribution < 1.29 is 14.2 Å². The van der Waals surface area contributed by atoms with Crippen molar-refractivity contribution in [3.63, 3.8) is 0 Å². The minimum atomic E-state index is -0.570. The number of aryl methyl sites for hydroxylation is 1. The first kappa shape index (κ1) is 16.5. The minimum Gasteiger partial charge on any atom is -0.382 e. The maximum absolute atomic E-state index is 12.8. The third-order valence-electron chi connectivity index (χ3n) is 4.43. The van der Waals surface area contributed by atoms with Crippen molar-refractivity contribution >= 4 is 34.6 Å². The molecule has 132 valence electrons. The summed E-state index contributed by atoms with van der Waals surface area (Å²) >= 11 is 7.40. The molecule has 2 atom stereocenters. The summed E-state index contributed by atoms with van der Waals surface area (Å²) in [6, 6.07) is 3.72. The van der Waals surface area contributed by atoms with Crippen LogP contribution in [0.5, 0.6) is 0 Å². The number of oxime groups is 1. The summed E-state index contributed by atoms with van der Waals surface area (Å²) in [6.07, 6.45) is 1.74. The second-order valence-electron chi connectivity index (χ2n) is 6.24. The summed E-state index contributed by atoms with van der Waals surface area (Å²) in [4.78, 5) is 25.3. The molecule has 0 bridgehead atoms. The van der Waals surface area contributed by atoms with Gasteiger partial charge < -0.3 is 14.3 Å². The first-order chi connectivity index (χ1) is 12.1. The maximum Gasteiger partial charge on any atom is 0.266 e. The van der Waals surface area contributed by atoms with E-state index in [1.54, 1.807) is 6.92 Å². The second-order valence-corrected chi connectivity index (χ2v) is 7.96. The van der Waals surface area contributed by atoms with Crippen LogP contribution in [0.25, 0.3) is 0 Å². The number of likely N-dealkylation sites (tertiary alicyclic amines) is 1. The third-order valence-corrected chi connectivity index (χ3v) is 5.71. The minimum absolute atomic E-state index is 0.0395. The van der Waals surface area contributed by atoms with Crippen molar-refractivity contribution in [2.24, 2.45) is 5.16 Å². The predicted octanol–water partition coefficient (Wildman–Crippen LogP) is 2.99. The molecule has 0 N–H and O–H groups in total. The second kappa shape index (κ2) is 6.76. The van der Waals surface area contributed by atoms with E-state index in [-0.39, 0.29) is 11.8 Å². The van der Waals surface area contributed by atoms with E-state index in [1.807, 2.05) is 17.0 Å². The highest BCUT2D eigenvalue weighted by molar-refractivity contribution is 7.18. The van der Waals surface area contributed by atoms with Crippen LogP contribution in [0.4, 0.5) is 0 Å². The van der Waals surface area contributed by atoms with Crippen LogP contribution in [0.3, 0.4) is 0 Å². The highest BCUT2D eigenvalue weighted by atomic mass is 35.5. The van der Waals surface area contributed by atoms with E-state index >= 15 is 0 Å². The maximum atomic E-state index is 12.8. The standard InChI is InChI=1S/C16H17ClN4O3S/c1-9-18-15(24-19-9)10-3-2-6-21(8-10)16(22)12-7-11(20-23-12)13-4-5-14(17)25-13/h4-5,10,12H,2-3,6-8H2,1H3/t10-,12-/m0/s1. The molecule has 2 aromatic rings. The quantitative estimate of drug-likeness (QED) is 0.817. The number of carbonyl (C=O) groups is 1. The number of piperidine rings is 1. The Hall–Kier alpha value is -1.93. The molecule has 0 spiro atoms. The van der Waals surface area contributed by atoms with Gasteiger partial charge in [-0.1, -0.05) is 21.9 Å². The zero-order valence-electron chi connectivity index (χ0n) is 13.6. The highest BCUT2D eigenvalue weighted by Gasteiger charge is 2.36. The zero-order chi connectivity index (χ0) is 17.4. The van der Waals surface area contributed by atoms with Crippen LogP contribution in [0.2, 0.25) is 4.34 Å². The number of carbonyl (C=O) groups excluding carboxylic acids is 1. The van der Waals surface area contributed by atoms with Gasteiger partial charge in [0.05, 0.1) is 15.1 Å². The Morgan fingerprint density at radius 2 is 2.32 bits per heavy atom. The molecule has 9 heteroatoms. The first-order valence-corrected chi connectivity index (χ1v) is 9.37. The predicted molar refractivity (Wildman–Crippen MR) is 92.9 cm³/mol. The van der Waals surface area contributed by atoms with Crippen molar-refractivity contribution in [3.8, 4) is 0 Å². The van der Waals surface area contributed by atoms with Gasteiger partial charge in [0, 0.05) is 19.5 Å². The molecule has 4 heterocycles. The largest absolute Gasteiger partial charge is 0.382 e. The topological polar surface area (TPSA) is 80.8 Å². The Morgan fingerprint density at radius 3 is 3.04 bits per heavy atom. The lowest BCUT2D eigenvalue weighted by Crippen LogP contribution is -2.44. The highest BCUT2D eigenvalue weighted by Crippen LogP contribution is 2.29. The molecule has 1 amide bonds. The Labute approximate surface area is 153 Å². The van der Waals surface area contributed by atoms with Gasteiger partial charge in [-0.15, -0.1) is 11.3 Å². The molecule has 0 aliphatic carbocycles. The number of rotatable bonds is 3. The molecule has 2 aliphatic rings. The number of hydrogen-bond acceptors (Lipinski definition) is 7. The van der Waals surface area contributed by atoms with E-state index in [0.717, 1.165) is 23.4 Å². The molecular weight excluding hydrogens is 364 g/mol. The average Bonchev–Trinajstić information content (AvgIpc) is 3.34. The lowest BCUT2D eigenvalue weighted by molar-refractivity contribution is -0.143. The number of nitrogens with zero attached hydrogens (tertiary/aromatic N) is 4. The van der Waals surface area contributed by atoms with Crippen molar-refractivity contribution in [2.45, 2.75) is 38.2 Å². The monoisotopic (exact) mass is 380 g/mol. The number of hydrogen-bond donors (Lipinski definition) is 0. The van der Waals surface area contributed by atoms with Crippen LogP contribution in [0, 0.1) is 6.92 Å². The number of thiophene rings is 1. The van der Waals surface area contributed by atoms with Crippen LogP contribution < -0.4 is 0 Å². The number of halogens is 1. The Kier molecular flexibility index (Phi) is 4.47. The summed E-state index contributed by atoms with van der Waals surface area (Å²) < 4.78 is 5.97. The summed E-state index contributed by atoms with van der Waals surface area (Å²) in [5, 5.41) is 7.92. The molecule has 0 radical (unpaired) electrons. The summed E-state index contributed by atoms with van der Waals surface area (Å²) in [6.45, 7) is 3.07. The first-order valence-electron chi connectivity index (χ1n) is 8.17. The van der Waals surface area contributed by atoms with Crippen LogP contribution in [0.1, 0.15) is 41.8 Å². The number of amides is 1. The van der Waals surface area contributed by atoms with E-state index in [0.29, 0.717) is 35.6 Å². The number of aromatic nitrogens is 2. The Bertz CT molecular complexity index is 818. The SMILES string of the molecule is Cc1noc([C@H]2CCCN(C(=O)[C@@H]3CC(c4ccc(Cl)s4)=NO3)C2)n1. The molecule has 7 nitrogen and oxygen atoms in total. The van der Waals surface area contributed by atoms with E-state index in [9.17, 15) is 4.79 Å². The third kappa shape index (κ3) is 3.41. The van der Waals surface area contributed by atoms with E-state index in [4.69, 9.17) is 21.0 Å². The molecule has 1 saturated heterocycles.